The molecule has 0 unspecified atom stereocenters. The summed E-state index contributed by atoms with van der Waals surface area (Å²) >= 11 is 0. The standard InChI is InChI=1S/C18H20FN3O3/c1-12-9-16(25-15-5-3-14(19)4-6-15)21-18(20-12)13-7-8-22(10-13)17(23)11-24-2/h3-6,9,13H,7-8,10-11H2,1-2H3/t13-/m1/s1. The molecule has 0 N–H and O–H groups in total. The molecule has 0 aliphatic carbocycles. The van der Waals surface area contributed by atoms with Gasteiger partial charge in [-0.3, -0.25) is 4.79 Å². The zero-order chi connectivity index (χ0) is 17.8. The van der Waals surface area contributed by atoms with Crippen LogP contribution in [0.25, 0.3) is 0 Å². The normalized spacial score (nSPS) is 16.9. The Morgan fingerprint density at radius 2 is 2.08 bits per heavy atom. The average Bonchev–Trinajstić information content (AvgIpc) is 3.07. The van der Waals surface area contributed by atoms with E-state index in [0.717, 1.165) is 12.1 Å². The summed E-state index contributed by atoms with van der Waals surface area (Å²) in [6.07, 6.45) is 0.800. The molecule has 1 fully saturated rings. The second kappa shape index (κ2) is 7.57. The third kappa shape index (κ3) is 4.30. The summed E-state index contributed by atoms with van der Waals surface area (Å²) in [7, 11) is 1.51. The number of carbonyl (C=O) groups is 1. The van der Waals surface area contributed by atoms with Crippen molar-refractivity contribution in [1.29, 1.82) is 0 Å². The third-order valence-corrected chi connectivity index (χ3v) is 4.06. The number of amides is 1. The predicted octanol–water partition coefficient (Wildman–Crippen LogP) is 2.68. The Balaban J connectivity index is 1.73. The van der Waals surface area contributed by atoms with Crippen molar-refractivity contribution >= 4 is 5.91 Å². The number of methoxy groups -OCH3 is 1. The highest BCUT2D eigenvalue weighted by molar-refractivity contribution is 5.77. The second-order valence-corrected chi connectivity index (χ2v) is 6.02. The van der Waals surface area contributed by atoms with Crippen LogP contribution < -0.4 is 4.74 Å². The maximum atomic E-state index is 13.0. The third-order valence-electron chi connectivity index (χ3n) is 4.06. The van der Waals surface area contributed by atoms with E-state index >= 15 is 0 Å². The van der Waals surface area contributed by atoms with Crippen molar-refractivity contribution in [2.24, 2.45) is 0 Å². The van der Waals surface area contributed by atoms with Crippen LogP contribution in [0.15, 0.2) is 30.3 Å². The van der Waals surface area contributed by atoms with Gasteiger partial charge in [-0.25, -0.2) is 9.37 Å². The first-order chi connectivity index (χ1) is 12.0. The smallest absolute Gasteiger partial charge is 0.248 e. The van der Waals surface area contributed by atoms with Crippen LogP contribution in [0, 0.1) is 12.7 Å². The molecule has 2 aromatic rings. The van der Waals surface area contributed by atoms with Crippen LogP contribution >= 0.6 is 0 Å². The molecule has 3 rings (SSSR count). The molecule has 1 aromatic heterocycles. The maximum Gasteiger partial charge on any atom is 0.248 e. The largest absolute Gasteiger partial charge is 0.439 e. The number of ether oxygens (including phenoxy) is 2. The van der Waals surface area contributed by atoms with Gasteiger partial charge in [0, 0.05) is 37.9 Å². The molecule has 0 spiro atoms. The number of hydrogen-bond donors (Lipinski definition) is 0. The zero-order valence-electron chi connectivity index (χ0n) is 14.2. The molecule has 0 bridgehead atoms. The summed E-state index contributed by atoms with van der Waals surface area (Å²) in [5, 5.41) is 0. The summed E-state index contributed by atoms with van der Waals surface area (Å²) < 4.78 is 23.6. The van der Waals surface area contributed by atoms with Crippen molar-refractivity contribution in [3.05, 3.63) is 47.7 Å². The number of nitrogens with zero attached hydrogens (tertiary/aromatic N) is 3. The van der Waals surface area contributed by atoms with E-state index in [4.69, 9.17) is 9.47 Å². The van der Waals surface area contributed by atoms with Gasteiger partial charge >= 0.3 is 0 Å². The summed E-state index contributed by atoms with van der Waals surface area (Å²) in [5.41, 5.74) is 0.781. The van der Waals surface area contributed by atoms with E-state index < -0.39 is 0 Å². The molecular formula is C18H20FN3O3. The van der Waals surface area contributed by atoms with Crippen LogP contribution in [0.2, 0.25) is 0 Å². The Morgan fingerprint density at radius 1 is 1.32 bits per heavy atom. The van der Waals surface area contributed by atoms with Crippen molar-refractivity contribution in [2.45, 2.75) is 19.3 Å². The molecule has 0 radical (unpaired) electrons. The van der Waals surface area contributed by atoms with Crippen LogP contribution in [0.4, 0.5) is 4.39 Å². The van der Waals surface area contributed by atoms with Crippen molar-refractivity contribution in [2.75, 3.05) is 26.8 Å². The van der Waals surface area contributed by atoms with Gasteiger partial charge in [0.05, 0.1) is 0 Å². The van der Waals surface area contributed by atoms with E-state index in [1.165, 1.54) is 19.2 Å². The van der Waals surface area contributed by atoms with Crippen molar-refractivity contribution < 1.29 is 18.7 Å². The molecule has 6 nitrogen and oxygen atoms in total. The molecule has 1 aromatic carbocycles. The Morgan fingerprint density at radius 3 is 2.80 bits per heavy atom. The van der Waals surface area contributed by atoms with Gasteiger partial charge in [-0.15, -0.1) is 0 Å². The molecule has 1 aliphatic heterocycles. The number of aromatic nitrogens is 2. The van der Waals surface area contributed by atoms with Gasteiger partial charge in [0.15, 0.2) is 0 Å². The SMILES string of the molecule is COCC(=O)N1CC[C@@H](c2nc(C)cc(Oc3ccc(F)cc3)n2)C1. The number of likely N-dealkylation sites (tertiary alicyclic amines) is 1. The fourth-order valence-electron chi connectivity index (χ4n) is 2.83. The molecule has 1 aliphatic rings. The maximum absolute atomic E-state index is 13.0. The number of benzene rings is 1. The minimum atomic E-state index is -0.321. The van der Waals surface area contributed by atoms with E-state index in [-0.39, 0.29) is 24.2 Å². The van der Waals surface area contributed by atoms with Gasteiger partial charge in [-0.2, -0.15) is 4.98 Å². The highest BCUT2D eigenvalue weighted by Gasteiger charge is 2.29. The number of halogens is 1. The highest BCUT2D eigenvalue weighted by atomic mass is 19.1. The molecular weight excluding hydrogens is 325 g/mol. The van der Waals surface area contributed by atoms with E-state index in [0.29, 0.717) is 30.5 Å². The number of rotatable bonds is 5. The monoisotopic (exact) mass is 345 g/mol. The van der Waals surface area contributed by atoms with Gasteiger partial charge in [0.2, 0.25) is 11.8 Å². The van der Waals surface area contributed by atoms with Gasteiger partial charge in [-0.1, -0.05) is 0 Å². The van der Waals surface area contributed by atoms with Crippen molar-refractivity contribution in [1.82, 2.24) is 14.9 Å². The van der Waals surface area contributed by atoms with E-state index in [2.05, 4.69) is 9.97 Å². The molecule has 2 heterocycles. The number of aryl methyl sites for hydroxylation is 1. The average molecular weight is 345 g/mol. The van der Waals surface area contributed by atoms with Crippen LogP contribution in [0.5, 0.6) is 11.6 Å². The zero-order valence-corrected chi connectivity index (χ0v) is 14.2. The summed E-state index contributed by atoms with van der Waals surface area (Å²) in [4.78, 5) is 22.7. The van der Waals surface area contributed by atoms with Gasteiger partial charge < -0.3 is 14.4 Å². The van der Waals surface area contributed by atoms with Crippen molar-refractivity contribution in [3.63, 3.8) is 0 Å². The molecule has 1 amide bonds. The van der Waals surface area contributed by atoms with Crippen LogP contribution in [-0.4, -0.2) is 47.6 Å². The Hall–Kier alpha value is -2.54. The summed E-state index contributed by atoms with van der Waals surface area (Å²) in [6, 6.07) is 7.50. The lowest BCUT2D eigenvalue weighted by Crippen LogP contribution is -2.31. The lowest BCUT2D eigenvalue weighted by molar-refractivity contribution is -0.134. The molecule has 7 heteroatoms. The van der Waals surface area contributed by atoms with Crippen LogP contribution in [0.3, 0.4) is 0 Å². The van der Waals surface area contributed by atoms with E-state index in [1.54, 1.807) is 23.1 Å². The Kier molecular flexibility index (Phi) is 5.23. The van der Waals surface area contributed by atoms with Gasteiger partial charge in [-0.05, 0) is 37.6 Å². The minimum absolute atomic E-state index is 0.0274. The Labute approximate surface area is 145 Å². The van der Waals surface area contributed by atoms with Gasteiger partial charge in [0.1, 0.15) is 24.0 Å². The fourth-order valence-corrected chi connectivity index (χ4v) is 2.83. The topological polar surface area (TPSA) is 64.5 Å². The predicted molar refractivity (Wildman–Crippen MR) is 89.1 cm³/mol. The lowest BCUT2D eigenvalue weighted by atomic mass is 10.1. The van der Waals surface area contributed by atoms with Crippen LogP contribution in [0.1, 0.15) is 23.9 Å². The van der Waals surface area contributed by atoms with E-state index in [9.17, 15) is 9.18 Å². The van der Waals surface area contributed by atoms with E-state index in [1.807, 2.05) is 6.92 Å². The second-order valence-electron chi connectivity index (χ2n) is 6.02. The number of hydrogen-bond acceptors (Lipinski definition) is 5. The molecule has 132 valence electrons. The molecule has 1 saturated heterocycles. The first-order valence-corrected chi connectivity index (χ1v) is 8.11. The first kappa shape index (κ1) is 17.3. The van der Waals surface area contributed by atoms with Gasteiger partial charge in [0.25, 0.3) is 0 Å². The van der Waals surface area contributed by atoms with Crippen molar-refractivity contribution in [3.8, 4) is 11.6 Å². The summed E-state index contributed by atoms with van der Waals surface area (Å²) in [5.74, 6) is 1.30. The molecule has 1 atom stereocenters. The molecule has 25 heavy (non-hydrogen) atoms. The Bertz CT molecular complexity index is 752. The molecule has 0 saturated carbocycles. The fraction of sp³-hybridized carbons (Fsp3) is 0.389. The van der Waals surface area contributed by atoms with Crippen LogP contribution in [-0.2, 0) is 9.53 Å². The lowest BCUT2D eigenvalue weighted by Gasteiger charge is -2.16. The minimum Gasteiger partial charge on any atom is -0.439 e. The highest BCUT2D eigenvalue weighted by Crippen LogP contribution is 2.28. The first-order valence-electron chi connectivity index (χ1n) is 8.11. The summed E-state index contributed by atoms with van der Waals surface area (Å²) in [6.45, 7) is 3.19. The quantitative estimate of drug-likeness (QED) is 0.834. The number of carbonyl (C=O) groups excluding carboxylic acids is 1.